The third-order valence-electron chi connectivity index (χ3n) is 5.08. The zero-order chi connectivity index (χ0) is 19.8. The van der Waals surface area contributed by atoms with E-state index in [1.807, 2.05) is 18.5 Å². The number of anilines is 1. The molecule has 0 radical (unpaired) electrons. The van der Waals surface area contributed by atoms with Gasteiger partial charge in [0.25, 0.3) is 0 Å². The van der Waals surface area contributed by atoms with E-state index in [9.17, 15) is 0 Å². The van der Waals surface area contributed by atoms with E-state index in [4.69, 9.17) is 14.7 Å². The number of aromatic amines is 1. The van der Waals surface area contributed by atoms with E-state index in [2.05, 4.69) is 44.6 Å². The van der Waals surface area contributed by atoms with Crippen LogP contribution in [0.2, 0.25) is 0 Å². The number of ether oxygens (including phenoxy) is 1. The standard InChI is InChI=1S/C20H22N6OS2/c1-25(28-2)12-15-10-16-19(26-5-7-27-8-6-26)23-18(24-20(16)29-15)14-9-13-3-4-21-17(13)22-11-14/h3-4,9-11H,5-8,12H2,1-2H3,(H,21,22). The first-order valence-corrected chi connectivity index (χ1v) is 11.5. The maximum atomic E-state index is 5.55. The molecule has 0 unspecified atom stereocenters. The molecule has 0 aromatic carbocycles. The highest BCUT2D eigenvalue weighted by Gasteiger charge is 2.20. The van der Waals surface area contributed by atoms with Gasteiger partial charge in [0.2, 0.25) is 0 Å². The van der Waals surface area contributed by atoms with Gasteiger partial charge in [-0.2, -0.15) is 0 Å². The topological polar surface area (TPSA) is 70.2 Å². The Morgan fingerprint density at radius 3 is 2.97 bits per heavy atom. The summed E-state index contributed by atoms with van der Waals surface area (Å²) >= 11 is 3.47. The SMILES string of the molecule is CSN(C)Cc1cc2c(N3CCOCC3)nc(-c3cnc4[nH]ccc4c3)nc2s1. The molecule has 1 aliphatic rings. The Morgan fingerprint density at radius 2 is 2.14 bits per heavy atom. The molecule has 0 bridgehead atoms. The number of pyridine rings is 1. The largest absolute Gasteiger partial charge is 0.378 e. The number of rotatable bonds is 5. The molecule has 7 nitrogen and oxygen atoms in total. The zero-order valence-corrected chi connectivity index (χ0v) is 18.0. The molecule has 1 N–H and O–H groups in total. The van der Waals surface area contributed by atoms with Gasteiger partial charge >= 0.3 is 0 Å². The lowest BCUT2D eigenvalue weighted by atomic mass is 10.2. The Hall–Kier alpha value is -2.20. The molecule has 1 saturated heterocycles. The van der Waals surface area contributed by atoms with Crippen molar-refractivity contribution in [3.63, 3.8) is 0 Å². The van der Waals surface area contributed by atoms with Crippen LogP contribution < -0.4 is 4.90 Å². The van der Waals surface area contributed by atoms with Crippen LogP contribution in [0.1, 0.15) is 4.88 Å². The second-order valence-electron chi connectivity index (χ2n) is 7.01. The van der Waals surface area contributed by atoms with Crippen molar-refractivity contribution in [1.29, 1.82) is 0 Å². The molecule has 4 aromatic heterocycles. The molecule has 5 heterocycles. The van der Waals surface area contributed by atoms with Crippen molar-refractivity contribution in [1.82, 2.24) is 24.2 Å². The summed E-state index contributed by atoms with van der Waals surface area (Å²) in [7, 11) is 2.10. The molecule has 0 atom stereocenters. The lowest BCUT2D eigenvalue weighted by Crippen LogP contribution is -2.37. The Bertz CT molecular complexity index is 1150. The van der Waals surface area contributed by atoms with E-state index in [0.717, 1.165) is 71.3 Å². The highest BCUT2D eigenvalue weighted by atomic mass is 32.2. The Morgan fingerprint density at radius 1 is 1.28 bits per heavy atom. The molecular weight excluding hydrogens is 404 g/mol. The lowest BCUT2D eigenvalue weighted by molar-refractivity contribution is 0.122. The van der Waals surface area contributed by atoms with E-state index in [-0.39, 0.29) is 0 Å². The van der Waals surface area contributed by atoms with Crippen LogP contribution in [0.4, 0.5) is 5.82 Å². The van der Waals surface area contributed by atoms with E-state index < -0.39 is 0 Å². The van der Waals surface area contributed by atoms with Gasteiger partial charge in [-0.25, -0.2) is 19.3 Å². The van der Waals surface area contributed by atoms with E-state index in [0.29, 0.717) is 0 Å². The van der Waals surface area contributed by atoms with Crippen LogP contribution >= 0.6 is 23.3 Å². The Kier molecular flexibility index (Phi) is 5.13. The summed E-state index contributed by atoms with van der Waals surface area (Å²) in [6, 6.07) is 6.36. The molecule has 0 spiro atoms. The predicted molar refractivity (Wildman–Crippen MR) is 121 cm³/mol. The van der Waals surface area contributed by atoms with Gasteiger partial charge in [-0.3, -0.25) is 0 Å². The van der Waals surface area contributed by atoms with Gasteiger partial charge in [-0.1, -0.05) is 11.9 Å². The number of hydrogen-bond donors (Lipinski definition) is 1. The molecule has 1 fully saturated rings. The summed E-state index contributed by atoms with van der Waals surface area (Å²) in [5, 5.41) is 2.19. The minimum atomic E-state index is 0.723. The van der Waals surface area contributed by atoms with Crippen LogP contribution in [0, 0.1) is 0 Å². The van der Waals surface area contributed by atoms with Gasteiger partial charge in [0.15, 0.2) is 5.82 Å². The molecule has 0 saturated carbocycles. The van der Waals surface area contributed by atoms with Crippen LogP contribution in [-0.4, -0.2) is 63.8 Å². The minimum absolute atomic E-state index is 0.723. The summed E-state index contributed by atoms with van der Waals surface area (Å²) in [6.07, 6.45) is 5.84. The van der Waals surface area contributed by atoms with Crippen LogP contribution in [0.3, 0.4) is 0 Å². The number of nitrogens with zero attached hydrogens (tertiary/aromatic N) is 5. The summed E-state index contributed by atoms with van der Waals surface area (Å²) < 4.78 is 7.77. The van der Waals surface area contributed by atoms with Crippen molar-refractivity contribution in [2.45, 2.75) is 6.54 Å². The van der Waals surface area contributed by atoms with Crippen molar-refractivity contribution >= 4 is 50.4 Å². The molecule has 0 amide bonds. The molecule has 1 aliphatic heterocycles. The summed E-state index contributed by atoms with van der Waals surface area (Å²) in [5.74, 6) is 1.72. The van der Waals surface area contributed by atoms with Gasteiger partial charge < -0.3 is 14.6 Å². The normalized spacial score (nSPS) is 15.1. The summed E-state index contributed by atoms with van der Waals surface area (Å²) in [5.41, 5.74) is 1.81. The minimum Gasteiger partial charge on any atom is -0.378 e. The monoisotopic (exact) mass is 426 g/mol. The fourth-order valence-electron chi connectivity index (χ4n) is 3.53. The number of thiophene rings is 1. The maximum absolute atomic E-state index is 5.55. The van der Waals surface area contributed by atoms with Gasteiger partial charge in [0.1, 0.15) is 16.3 Å². The number of aromatic nitrogens is 4. The second-order valence-corrected chi connectivity index (χ2v) is 9.11. The fraction of sp³-hybridized carbons (Fsp3) is 0.350. The molecule has 9 heteroatoms. The lowest BCUT2D eigenvalue weighted by Gasteiger charge is -2.28. The average Bonchev–Trinajstić information content (AvgIpc) is 3.39. The van der Waals surface area contributed by atoms with Crippen molar-refractivity contribution in [2.75, 3.05) is 44.5 Å². The molecular formula is C20H22N6OS2. The molecule has 4 aromatic rings. The highest BCUT2D eigenvalue weighted by molar-refractivity contribution is 7.96. The third-order valence-corrected chi connectivity index (χ3v) is 6.85. The van der Waals surface area contributed by atoms with Crippen molar-refractivity contribution < 1.29 is 4.74 Å². The molecule has 150 valence electrons. The summed E-state index contributed by atoms with van der Waals surface area (Å²) in [6.45, 7) is 4.03. The number of H-pyrrole nitrogens is 1. The zero-order valence-electron chi connectivity index (χ0n) is 16.4. The number of nitrogens with one attached hydrogen (secondary N) is 1. The van der Waals surface area contributed by atoms with Gasteiger partial charge in [0.05, 0.1) is 18.6 Å². The van der Waals surface area contributed by atoms with Crippen molar-refractivity contribution in [3.05, 3.63) is 35.5 Å². The van der Waals surface area contributed by atoms with Crippen LogP contribution in [0.15, 0.2) is 30.6 Å². The van der Waals surface area contributed by atoms with Gasteiger partial charge in [0, 0.05) is 47.9 Å². The van der Waals surface area contributed by atoms with Gasteiger partial charge in [-0.15, -0.1) is 11.3 Å². The van der Waals surface area contributed by atoms with Gasteiger partial charge in [-0.05, 0) is 31.5 Å². The molecule has 29 heavy (non-hydrogen) atoms. The molecule has 0 aliphatic carbocycles. The van der Waals surface area contributed by atoms with E-state index >= 15 is 0 Å². The first-order chi connectivity index (χ1) is 14.2. The quantitative estimate of drug-likeness (QED) is 0.487. The van der Waals surface area contributed by atoms with Crippen LogP contribution in [0.25, 0.3) is 32.6 Å². The predicted octanol–water partition coefficient (Wildman–Crippen LogP) is 3.78. The number of fused-ring (bicyclic) bond motifs is 2. The Labute approximate surface area is 177 Å². The smallest absolute Gasteiger partial charge is 0.164 e. The van der Waals surface area contributed by atoms with Crippen molar-refractivity contribution in [3.8, 4) is 11.4 Å². The van der Waals surface area contributed by atoms with Crippen LogP contribution in [0.5, 0.6) is 0 Å². The van der Waals surface area contributed by atoms with E-state index in [1.165, 1.54) is 4.88 Å². The van der Waals surface area contributed by atoms with E-state index in [1.54, 1.807) is 23.3 Å². The first-order valence-electron chi connectivity index (χ1n) is 9.53. The number of hydrogen-bond acceptors (Lipinski definition) is 8. The Balaban J connectivity index is 1.63. The second kappa shape index (κ2) is 7.91. The molecule has 5 rings (SSSR count). The third kappa shape index (κ3) is 3.71. The van der Waals surface area contributed by atoms with Crippen LogP contribution in [-0.2, 0) is 11.3 Å². The van der Waals surface area contributed by atoms with Crippen molar-refractivity contribution in [2.24, 2.45) is 0 Å². The number of morpholine rings is 1. The average molecular weight is 427 g/mol. The maximum Gasteiger partial charge on any atom is 0.164 e. The highest BCUT2D eigenvalue weighted by Crippen LogP contribution is 2.34. The summed E-state index contributed by atoms with van der Waals surface area (Å²) in [4.78, 5) is 22.2. The first kappa shape index (κ1) is 18.8. The fourth-order valence-corrected chi connectivity index (χ4v) is 4.95.